The van der Waals surface area contributed by atoms with Crippen LogP contribution < -0.4 is 19.7 Å². The van der Waals surface area contributed by atoms with E-state index in [1.165, 1.54) is 26.5 Å². The van der Waals surface area contributed by atoms with Crippen molar-refractivity contribution < 1.29 is 24.2 Å². The number of hydrogen-bond donors (Lipinski definition) is 2. The molecule has 154 valence electrons. The van der Waals surface area contributed by atoms with Crippen LogP contribution in [0.25, 0.3) is 0 Å². The van der Waals surface area contributed by atoms with Gasteiger partial charge >= 0.3 is 12.0 Å². The second-order valence-corrected chi connectivity index (χ2v) is 6.68. The number of carbonyl (C=O) groups excluding carboxylic acids is 1. The maximum atomic E-state index is 12.7. The summed E-state index contributed by atoms with van der Waals surface area (Å²) in [6.45, 7) is 1.91. The first-order valence-electron chi connectivity index (χ1n) is 8.85. The van der Waals surface area contributed by atoms with Gasteiger partial charge in [0, 0.05) is 32.4 Å². The maximum Gasteiger partial charge on any atom is 0.337 e. The van der Waals surface area contributed by atoms with Gasteiger partial charge < -0.3 is 29.7 Å². The molecule has 29 heavy (non-hydrogen) atoms. The van der Waals surface area contributed by atoms with E-state index in [2.05, 4.69) is 10.3 Å². The minimum Gasteiger partial charge on any atom is -0.494 e. The molecule has 2 aromatic rings. The van der Waals surface area contributed by atoms with Crippen molar-refractivity contribution in [3.05, 3.63) is 41.0 Å². The molecule has 0 saturated carbocycles. The molecule has 1 fully saturated rings. The van der Waals surface area contributed by atoms with E-state index >= 15 is 0 Å². The zero-order valence-corrected chi connectivity index (χ0v) is 16.8. The highest BCUT2D eigenvalue weighted by atomic mass is 35.5. The fourth-order valence-corrected chi connectivity index (χ4v) is 3.35. The van der Waals surface area contributed by atoms with Crippen LogP contribution in [0.5, 0.6) is 11.5 Å². The van der Waals surface area contributed by atoms with Crippen LogP contribution in [0.1, 0.15) is 10.4 Å². The molecule has 3 rings (SSSR count). The van der Waals surface area contributed by atoms with Crippen LogP contribution in [0.4, 0.5) is 16.3 Å². The normalized spacial score (nSPS) is 13.8. The standard InChI is InChI=1S/C19H21ClN4O5/c1-28-14-4-3-5-15(29-2)16(14)22-19(27)24-8-6-23(7-9-24)17-13(20)10-12(11-21-17)18(25)26/h3-5,10-11H,6-9H2,1-2H3,(H,22,27)(H,25,26). The molecule has 0 aliphatic carbocycles. The average molecular weight is 421 g/mol. The number of carboxylic acids is 1. The second-order valence-electron chi connectivity index (χ2n) is 6.28. The Bertz CT molecular complexity index is 893. The fraction of sp³-hybridized carbons (Fsp3) is 0.316. The van der Waals surface area contributed by atoms with Gasteiger partial charge in [-0.2, -0.15) is 0 Å². The Morgan fingerprint density at radius 3 is 2.28 bits per heavy atom. The molecule has 1 aliphatic rings. The molecule has 2 heterocycles. The highest BCUT2D eigenvalue weighted by molar-refractivity contribution is 6.33. The molecule has 9 nitrogen and oxygen atoms in total. The van der Waals surface area contributed by atoms with Crippen molar-refractivity contribution in [3.8, 4) is 11.5 Å². The second kappa shape index (κ2) is 8.87. The summed E-state index contributed by atoms with van der Waals surface area (Å²) in [4.78, 5) is 31.5. The van der Waals surface area contributed by atoms with Crippen molar-refractivity contribution in [1.29, 1.82) is 0 Å². The number of hydrogen-bond acceptors (Lipinski definition) is 6. The van der Waals surface area contributed by atoms with Crippen LogP contribution in [0.15, 0.2) is 30.5 Å². The number of benzene rings is 1. The van der Waals surface area contributed by atoms with Crippen molar-refractivity contribution in [2.24, 2.45) is 0 Å². The maximum absolute atomic E-state index is 12.7. The quantitative estimate of drug-likeness (QED) is 0.766. The minimum atomic E-state index is -1.08. The predicted molar refractivity (Wildman–Crippen MR) is 109 cm³/mol. The number of piperazine rings is 1. The van der Waals surface area contributed by atoms with Crippen molar-refractivity contribution in [3.63, 3.8) is 0 Å². The number of methoxy groups -OCH3 is 2. The summed E-state index contributed by atoms with van der Waals surface area (Å²) in [5, 5.41) is 12.1. The zero-order valence-electron chi connectivity index (χ0n) is 16.0. The number of aromatic carboxylic acids is 1. The first-order valence-corrected chi connectivity index (χ1v) is 9.23. The Morgan fingerprint density at radius 1 is 1.14 bits per heavy atom. The summed E-state index contributed by atoms with van der Waals surface area (Å²) >= 11 is 6.19. The van der Waals surface area contributed by atoms with Crippen LogP contribution in [0, 0.1) is 0 Å². The number of ether oxygens (including phenoxy) is 2. The number of nitrogens with zero attached hydrogens (tertiary/aromatic N) is 3. The van der Waals surface area contributed by atoms with Crippen molar-refractivity contribution in [2.75, 3.05) is 50.6 Å². The number of para-hydroxylation sites is 1. The largest absolute Gasteiger partial charge is 0.494 e. The molecular weight excluding hydrogens is 400 g/mol. The predicted octanol–water partition coefficient (Wildman–Crippen LogP) is 2.80. The smallest absolute Gasteiger partial charge is 0.337 e. The lowest BCUT2D eigenvalue weighted by atomic mass is 10.2. The van der Waals surface area contributed by atoms with Gasteiger partial charge in [-0.1, -0.05) is 17.7 Å². The number of carbonyl (C=O) groups is 2. The Hall–Kier alpha value is -3.20. The molecule has 2 amide bonds. The summed E-state index contributed by atoms with van der Waals surface area (Å²) in [6, 6.07) is 6.36. The van der Waals surface area contributed by atoms with E-state index in [0.717, 1.165) is 0 Å². The third kappa shape index (κ3) is 4.45. The summed E-state index contributed by atoms with van der Waals surface area (Å²) in [6.07, 6.45) is 1.27. The van der Waals surface area contributed by atoms with E-state index in [4.69, 9.17) is 26.2 Å². The van der Waals surface area contributed by atoms with Crippen molar-refractivity contribution >= 4 is 35.1 Å². The van der Waals surface area contributed by atoms with Gasteiger partial charge in [-0.15, -0.1) is 0 Å². The summed E-state index contributed by atoms with van der Waals surface area (Å²) in [7, 11) is 3.05. The lowest BCUT2D eigenvalue weighted by Gasteiger charge is -2.35. The van der Waals surface area contributed by atoms with Crippen molar-refractivity contribution in [2.45, 2.75) is 0 Å². The number of urea groups is 1. The summed E-state index contributed by atoms with van der Waals surface area (Å²) in [5.41, 5.74) is 0.501. The monoisotopic (exact) mass is 420 g/mol. The van der Waals surface area contributed by atoms with Gasteiger partial charge in [0.05, 0.1) is 24.8 Å². The summed E-state index contributed by atoms with van der Waals surface area (Å²) < 4.78 is 10.6. The molecule has 0 bridgehead atoms. The van der Waals surface area contributed by atoms with E-state index in [1.807, 2.05) is 4.90 Å². The SMILES string of the molecule is COc1cccc(OC)c1NC(=O)N1CCN(c2ncc(C(=O)O)cc2Cl)CC1. The van der Waals surface area contributed by atoms with Crippen LogP contribution in [0.3, 0.4) is 0 Å². The molecule has 1 aromatic carbocycles. The van der Waals surface area contributed by atoms with E-state index in [0.29, 0.717) is 49.2 Å². The number of rotatable bonds is 5. The highest BCUT2D eigenvalue weighted by Gasteiger charge is 2.25. The number of aromatic nitrogens is 1. The van der Waals surface area contributed by atoms with Crippen LogP contribution in [-0.2, 0) is 0 Å². The van der Waals surface area contributed by atoms with E-state index in [1.54, 1.807) is 23.1 Å². The van der Waals surface area contributed by atoms with Gasteiger partial charge in [-0.3, -0.25) is 0 Å². The lowest BCUT2D eigenvalue weighted by molar-refractivity contribution is 0.0696. The van der Waals surface area contributed by atoms with Gasteiger partial charge in [-0.05, 0) is 18.2 Å². The lowest BCUT2D eigenvalue weighted by Crippen LogP contribution is -2.50. The molecule has 0 atom stereocenters. The van der Waals surface area contributed by atoms with Gasteiger partial charge in [0.1, 0.15) is 23.0 Å². The summed E-state index contributed by atoms with van der Waals surface area (Å²) in [5.74, 6) is 0.430. The number of anilines is 2. The molecule has 1 aromatic heterocycles. The van der Waals surface area contributed by atoms with E-state index in [-0.39, 0.29) is 16.6 Å². The topological polar surface area (TPSA) is 104 Å². The number of halogens is 1. The Morgan fingerprint density at radius 2 is 1.76 bits per heavy atom. The van der Waals surface area contributed by atoms with E-state index < -0.39 is 5.97 Å². The number of pyridine rings is 1. The third-order valence-electron chi connectivity index (χ3n) is 4.59. The van der Waals surface area contributed by atoms with E-state index in [9.17, 15) is 9.59 Å². The van der Waals surface area contributed by atoms with Crippen LogP contribution in [-0.4, -0.2) is 67.4 Å². The molecule has 0 radical (unpaired) electrons. The molecular formula is C19H21ClN4O5. The first kappa shape index (κ1) is 20.5. The average Bonchev–Trinajstić information content (AvgIpc) is 2.73. The van der Waals surface area contributed by atoms with Gasteiger partial charge in [0.2, 0.25) is 0 Å². The van der Waals surface area contributed by atoms with Gasteiger partial charge in [0.25, 0.3) is 0 Å². The number of carboxylic acid groups (broad SMARTS) is 1. The Kier molecular flexibility index (Phi) is 6.28. The van der Waals surface area contributed by atoms with Crippen LogP contribution >= 0.6 is 11.6 Å². The molecule has 0 spiro atoms. The minimum absolute atomic E-state index is 0.0301. The molecule has 1 saturated heterocycles. The van der Waals surface area contributed by atoms with Crippen molar-refractivity contribution in [1.82, 2.24) is 9.88 Å². The zero-order chi connectivity index (χ0) is 21.0. The Balaban J connectivity index is 1.66. The third-order valence-corrected chi connectivity index (χ3v) is 4.87. The molecule has 2 N–H and O–H groups in total. The fourth-order valence-electron chi connectivity index (χ4n) is 3.06. The molecule has 1 aliphatic heterocycles. The number of nitrogens with one attached hydrogen (secondary N) is 1. The molecule has 10 heteroatoms. The van der Waals surface area contributed by atoms with Crippen LogP contribution in [0.2, 0.25) is 5.02 Å². The first-order chi connectivity index (χ1) is 13.9. The van der Waals surface area contributed by atoms with Gasteiger partial charge in [-0.25, -0.2) is 14.6 Å². The number of amides is 2. The molecule has 0 unspecified atom stereocenters. The Labute approximate surface area is 172 Å². The highest BCUT2D eigenvalue weighted by Crippen LogP contribution is 2.34. The van der Waals surface area contributed by atoms with Gasteiger partial charge in [0.15, 0.2) is 0 Å².